The van der Waals surface area contributed by atoms with Crippen LogP contribution in [0.25, 0.3) is 0 Å². The first-order chi connectivity index (χ1) is 18.6. The fraction of sp³-hybridized carbons (Fsp3) is 0.419. The van der Waals surface area contributed by atoms with Gasteiger partial charge < -0.3 is 28.4 Å². The number of carbonyl (C=O) groups excluding carboxylic acids is 2. The highest BCUT2D eigenvalue weighted by Crippen LogP contribution is 2.46. The summed E-state index contributed by atoms with van der Waals surface area (Å²) in [6.45, 7) is 21.5. The van der Waals surface area contributed by atoms with E-state index in [0.717, 1.165) is 11.1 Å². The Balaban J connectivity index is 2.57. The van der Waals surface area contributed by atoms with Gasteiger partial charge in [-0.1, -0.05) is 32.2 Å². The van der Waals surface area contributed by atoms with Crippen LogP contribution >= 0.6 is 0 Å². The Labute approximate surface area is 231 Å². The van der Waals surface area contributed by atoms with Gasteiger partial charge in [0.1, 0.15) is 0 Å². The average Bonchev–Trinajstić information content (AvgIpc) is 2.89. The zero-order valence-electron chi connectivity index (χ0n) is 24.1. The molecule has 0 N–H and O–H groups in total. The number of esters is 2. The molecule has 0 aliphatic rings. The van der Waals surface area contributed by atoms with E-state index >= 15 is 0 Å². The molecule has 0 radical (unpaired) electrons. The summed E-state index contributed by atoms with van der Waals surface area (Å²) in [5, 5.41) is 0. The molecule has 2 rings (SSSR count). The van der Waals surface area contributed by atoms with Crippen LogP contribution in [-0.4, -0.2) is 38.4 Å². The lowest BCUT2D eigenvalue weighted by molar-refractivity contribution is -0.131. The van der Waals surface area contributed by atoms with Crippen LogP contribution in [0, 0.1) is 0 Å². The maximum absolute atomic E-state index is 12.2. The molecule has 0 aliphatic heterocycles. The average molecular weight is 541 g/mol. The van der Waals surface area contributed by atoms with Crippen LogP contribution in [0.2, 0.25) is 0 Å². The van der Waals surface area contributed by atoms with Crippen molar-refractivity contribution in [2.24, 2.45) is 0 Å². The van der Waals surface area contributed by atoms with Crippen molar-refractivity contribution in [2.75, 3.05) is 26.4 Å². The Kier molecular flexibility index (Phi) is 11.9. The zero-order valence-corrected chi connectivity index (χ0v) is 24.1. The molecule has 0 amide bonds. The minimum Gasteiger partial charge on any atom is -0.490 e. The van der Waals surface area contributed by atoms with Gasteiger partial charge in [0.15, 0.2) is 23.0 Å². The summed E-state index contributed by atoms with van der Waals surface area (Å²) in [5.41, 5.74) is 2.28. The Bertz CT molecular complexity index is 1200. The van der Waals surface area contributed by atoms with Crippen molar-refractivity contribution < 1.29 is 38.0 Å². The molecule has 8 nitrogen and oxygen atoms in total. The van der Waals surface area contributed by atoms with E-state index in [1.165, 1.54) is 0 Å². The molecule has 0 spiro atoms. The number of benzene rings is 2. The van der Waals surface area contributed by atoms with Crippen LogP contribution < -0.4 is 28.4 Å². The third-order valence-corrected chi connectivity index (χ3v) is 5.58. The molecule has 0 aliphatic carbocycles. The van der Waals surface area contributed by atoms with Gasteiger partial charge >= 0.3 is 11.9 Å². The van der Waals surface area contributed by atoms with E-state index in [0.29, 0.717) is 55.8 Å². The van der Waals surface area contributed by atoms with Crippen LogP contribution in [-0.2, 0) is 16.0 Å². The third-order valence-electron chi connectivity index (χ3n) is 5.58. The van der Waals surface area contributed by atoms with Crippen LogP contribution in [0.1, 0.15) is 65.5 Å². The first kappa shape index (κ1) is 31.3. The molecule has 0 bridgehead atoms. The van der Waals surface area contributed by atoms with Gasteiger partial charge in [0.2, 0.25) is 11.5 Å². The van der Waals surface area contributed by atoms with E-state index in [9.17, 15) is 9.59 Å². The fourth-order valence-corrected chi connectivity index (χ4v) is 3.83. The number of rotatable bonds is 15. The van der Waals surface area contributed by atoms with Crippen LogP contribution in [0.3, 0.4) is 0 Å². The number of hydrogen-bond acceptors (Lipinski definition) is 8. The van der Waals surface area contributed by atoms with Crippen molar-refractivity contribution in [3.05, 3.63) is 59.7 Å². The SMILES string of the molecule is C=C(C)C(=O)Oc1ccc(CC(C)c2ccc(OC(=O)C(=C)C)c(OCC)c2OCC)c(OCC)c1OCC. The van der Waals surface area contributed by atoms with Crippen molar-refractivity contribution in [2.45, 2.75) is 60.8 Å². The molecule has 0 aromatic heterocycles. The molecule has 1 atom stereocenters. The number of ether oxygens (including phenoxy) is 6. The van der Waals surface area contributed by atoms with Gasteiger partial charge in [0.05, 0.1) is 26.4 Å². The topological polar surface area (TPSA) is 89.5 Å². The first-order valence-electron chi connectivity index (χ1n) is 13.2. The van der Waals surface area contributed by atoms with Crippen molar-refractivity contribution in [1.82, 2.24) is 0 Å². The second-order valence-electron chi connectivity index (χ2n) is 8.87. The van der Waals surface area contributed by atoms with E-state index in [-0.39, 0.29) is 28.6 Å². The summed E-state index contributed by atoms with van der Waals surface area (Å²) in [7, 11) is 0. The van der Waals surface area contributed by atoms with Gasteiger partial charge in [-0.2, -0.15) is 0 Å². The largest absolute Gasteiger partial charge is 0.490 e. The molecule has 0 heterocycles. The molecule has 8 heteroatoms. The van der Waals surface area contributed by atoms with Crippen molar-refractivity contribution in [3.8, 4) is 34.5 Å². The van der Waals surface area contributed by atoms with E-state index in [1.807, 2.05) is 39.8 Å². The highest BCUT2D eigenvalue weighted by atomic mass is 16.6. The van der Waals surface area contributed by atoms with E-state index in [2.05, 4.69) is 20.1 Å². The molecule has 212 valence electrons. The quantitative estimate of drug-likeness (QED) is 0.142. The summed E-state index contributed by atoms with van der Waals surface area (Å²) in [6, 6.07) is 7.13. The summed E-state index contributed by atoms with van der Waals surface area (Å²) in [6.07, 6.45) is 0.542. The van der Waals surface area contributed by atoms with E-state index in [4.69, 9.17) is 28.4 Å². The number of carbonyl (C=O) groups is 2. The van der Waals surface area contributed by atoms with Crippen LogP contribution in [0.5, 0.6) is 34.5 Å². The molecular formula is C31H40O8. The van der Waals surface area contributed by atoms with Crippen LogP contribution in [0.4, 0.5) is 0 Å². The van der Waals surface area contributed by atoms with Gasteiger partial charge in [-0.25, -0.2) is 9.59 Å². The maximum Gasteiger partial charge on any atom is 0.338 e. The van der Waals surface area contributed by atoms with Gasteiger partial charge in [0, 0.05) is 16.7 Å². The Morgan fingerprint density at radius 2 is 1.08 bits per heavy atom. The Morgan fingerprint density at radius 1 is 0.667 bits per heavy atom. The first-order valence-corrected chi connectivity index (χ1v) is 13.2. The summed E-state index contributed by atoms with van der Waals surface area (Å²) in [4.78, 5) is 24.5. The summed E-state index contributed by atoms with van der Waals surface area (Å²) in [5.74, 6) is 1.11. The van der Waals surface area contributed by atoms with Crippen LogP contribution in [0.15, 0.2) is 48.6 Å². The van der Waals surface area contributed by atoms with Gasteiger partial charge in [-0.3, -0.25) is 0 Å². The second-order valence-corrected chi connectivity index (χ2v) is 8.87. The molecule has 39 heavy (non-hydrogen) atoms. The fourth-order valence-electron chi connectivity index (χ4n) is 3.83. The van der Waals surface area contributed by atoms with Gasteiger partial charge in [-0.15, -0.1) is 0 Å². The van der Waals surface area contributed by atoms with E-state index in [1.54, 1.807) is 26.0 Å². The predicted octanol–water partition coefficient (Wildman–Crippen LogP) is 6.59. The minimum absolute atomic E-state index is 0.0749. The van der Waals surface area contributed by atoms with Crippen molar-refractivity contribution >= 4 is 11.9 Å². The normalized spacial score (nSPS) is 11.3. The second kappa shape index (κ2) is 14.9. The highest BCUT2D eigenvalue weighted by molar-refractivity contribution is 5.90. The summed E-state index contributed by atoms with van der Waals surface area (Å²) < 4.78 is 34.9. The zero-order chi connectivity index (χ0) is 29.1. The molecule has 2 aromatic rings. The van der Waals surface area contributed by atoms with Crippen molar-refractivity contribution in [1.29, 1.82) is 0 Å². The van der Waals surface area contributed by atoms with Gasteiger partial charge in [-0.05, 0) is 71.6 Å². The molecule has 0 fully saturated rings. The summed E-state index contributed by atoms with van der Waals surface area (Å²) >= 11 is 0. The molecule has 2 aromatic carbocycles. The van der Waals surface area contributed by atoms with Crippen molar-refractivity contribution in [3.63, 3.8) is 0 Å². The Hall–Kier alpha value is -3.94. The molecule has 0 saturated heterocycles. The predicted molar refractivity (Wildman–Crippen MR) is 151 cm³/mol. The highest BCUT2D eigenvalue weighted by Gasteiger charge is 2.26. The lowest BCUT2D eigenvalue weighted by atomic mass is 9.91. The third kappa shape index (κ3) is 8.02. The minimum atomic E-state index is -0.545. The Morgan fingerprint density at radius 3 is 1.54 bits per heavy atom. The lowest BCUT2D eigenvalue weighted by Gasteiger charge is -2.23. The smallest absolute Gasteiger partial charge is 0.338 e. The molecular weight excluding hydrogens is 500 g/mol. The lowest BCUT2D eigenvalue weighted by Crippen LogP contribution is -2.13. The molecule has 0 saturated carbocycles. The maximum atomic E-state index is 12.2. The standard InChI is InChI=1S/C31H40O8/c1-10-34-26-22(14-16-24(28(26)36-12-3)38-30(32)19(5)6)18-21(9)23-15-17-25(39-31(33)20(7)8)29(37-13-4)27(23)35-11-2/h14-17,21H,5,7,10-13,18H2,1-4,6,8-9H3. The molecule has 1 unspecified atom stereocenters. The van der Waals surface area contributed by atoms with E-state index < -0.39 is 11.9 Å². The number of hydrogen-bond donors (Lipinski definition) is 0. The monoisotopic (exact) mass is 540 g/mol. The van der Waals surface area contributed by atoms with Gasteiger partial charge in [0.25, 0.3) is 0 Å².